The van der Waals surface area contributed by atoms with Gasteiger partial charge in [-0.1, -0.05) is 30.3 Å². The normalized spacial score (nSPS) is 32.9. The van der Waals surface area contributed by atoms with E-state index in [9.17, 15) is 5.11 Å². The fourth-order valence-corrected chi connectivity index (χ4v) is 2.15. The highest BCUT2D eigenvalue weighted by molar-refractivity contribution is 5.22. The minimum atomic E-state index is -0.628. The molecular formula is C12H17NO. The minimum Gasteiger partial charge on any atom is -0.385 e. The van der Waals surface area contributed by atoms with Crippen molar-refractivity contribution in [3.8, 4) is 0 Å². The van der Waals surface area contributed by atoms with Crippen LogP contribution in [0, 0.1) is 0 Å². The first-order chi connectivity index (χ1) is 6.71. The molecule has 1 fully saturated rings. The van der Waals surface area contributed by atoms with Gasteiger partial charge in [0, 0.05) is 6.04 Å². The molecule has 0 aliphatic heterocycles. The van der Waals surface area contributed by atoms with Crippen molar-refractivity contribution in [3.63, 3.8) is 0 Å². The molecule has 2 heteroatoms. The van der Waals surface area contributed by atoms with Gasteiger partial charge in [-0.15, -0.1) is 0 Å². The van der Waals surface area contributed by atoms with E-state index in [1.54, 1.807) is 0 Å². The molecule has 0 atom stereocenters. The average molecular weight is 191 g/mol. The quantitative estimate of drug-likeness (QED) is 0.710. The zero-order valence-corrected chi connectivity index (χ0v) is 8.32. The Labute approximate surface area is 84.7 Å². The van der Waals surface area contributed by atoms with Gasteiger partial charge >= 0.3 is 0 Å². The molecular weight excluding hydrogens is 174 g/mol. The largest absolute Gasteiger partial charge is 0.385 e. The first-order valence-corrected chi connectivity index (χ1v) is 5.24. The summed E-state index contributed by atoms with van der Waals surface area (Å²) in [4.78, 5) is 0. The molecule has 1 aliphatic rings. The summed E-state index contributed by atoms with van der Waals surface area (Å²) in [5, 5.41) is 10.4. The van der Waals surface area contributed by atoms with Gasteiger partial charge in [0.15, 0.2) is 0 Å². The molecule has 14 heavy (non-hydrogen) atoms. The van der Waals surface area contributed by atoms with Crippen LogP contribution in [0.3, 0.4) is 0 Å². The van der Waals surface area contributed by atoms with Gasteiger partial charge < -0.3 is 10.8 Å². The zero-order valence-electron chi connectivity index (χ0n) is 8.32. The van der Waals surface area contributed by atoms with Crippen molar-refractivity contribution < 1.29 is 5.11 Å². The summed E-state index contributed by atoms with van der Waals surface area (Å²) in [6, 6.07) is 10.2. The molecule has 0 radical (unpaired) electrons. The molecule has 0 aromatic heterocycles. The minimum absolute atomic E-state index is 0.277. The maximum absolute atomic E-state index is 10.4. The van der Waals surface area contributed by atoms with Gasteiger partial charge in [0.1, 0.15) is 0 Å². The summed E-state index contributed by atoms with van der Waals surface area (Å²) < 4.78 is 0. The Morgan fingerprint density at radius 2 is 1.71 bits per heavy atom. The van der Waals surface area contributed by atoms with Crippen LogP contribution >= 0.6 is 0 Å². The highest BCUT2D eigenvalue weighted by Crippen LogP contribution is 2.36. The van der Waals surface area contributed by atoms with Gasteiger partial charge in [-0.05, 0) is 31.2 Å². The third kappa shape index (κ3) is 1.81. The number of nitrogens with two attached hydrogens (primary N) is 1. The van der Waals surface area contributed by atoms with E-state index in [0.29, 0.717) is 0 Å². The number of rotatable bonds is 1. The Bertz CT molecular complexity index is 288. The van der Waals surface area contributed by atoms with Crippen LogP contribution < -0.4 is 5.73 Å². The van der Waals surface area contributed by atoms with Crippen molar-refractivity contribution in [1.29, 1.82) is 0 Å². The van der Waals surface area contributed by atoms with E-state index in [1.165, 1.54) is 0 Å². The Balaban J connectivity index is 2.17. The molecule has 0 unspecified atom stereocenters. The number of hydrogen-bond donors (Lipinski definition) is 2. The third-order valence-electron chi connectivity index (χ3n) is 3.17. The van der Waals surface area contributed by atoms with Gasteiger partial charge in [0.25, 0.3) is 0 Å². The third-order valence-corrected chi connectivity index (χ3v) is 3.17. The number of benzene rings is 1. The maximum Gasteiger partial charge on any atom is 0.0897 e. The molecule has 0 saturated heterocycles. The summed E-state index contributed by atoms with van der Waals surface area (Å²) in [5.41, 5.74) is 6.23. The van der Waals surface area contributed by atoms with Gasteiger partial charge in [0.2, 0.25) is 0 Å². The van der Waals surface area contributed by atoms with Gasteiger partial charge in [0.05, 0.1) is 5.60 Å². The van der Waals surface area contributed by atoms with E-state index in [-0.39, 0.29) is 6.04 Å². The molecule has 0 bridgehead atoms. The molecule has 1 aromatic rings. The fraction of sp³-hybridized carbons (Fsp3) is 0.500. The van der Waals surface area contributed by atoms with E-state index >= 15 is 0 Å². The molecule has 3 N–H and O–H groups in total. The van der Waals surface area contributed by atoms with E-state index < -0.39 is 5.60 Å². The molecule has 2 nitrogen and oxygen atoms in total. The van der Waals surface area contributed by atoms with Crippen LogP contribution in [-0.2, 0) is 5.60 Å². The van der Waals surface area contributed by atoms with Crippen molar-refractivity contribution in [2.45, 2.75) is 37.3 Å². The van der Waals surface area contributed by atoms with Crippen LogP contribution in [0.2, 0.25) is 0 Å². The highest BCUT2D eigenvalue weighted by atomic mass is 16.3. The van der Waals surface area contributed by atoms with Gasteiger partial charge in [-0.3, -0.25) is 0 Å². The summed E-state index contributed by atoms with van der Waals surface area (Å²) in [6.45, 7) is 0. The van der Waals surface area contributed by atoms with E-state index in [1.807, 2.05) is 30.3 Å². The van der Waals surface area contributed by atoms with Crippen LogP contribution in [0.15, 0.2) is 30.3 Å². The van der Waals surface area contributed by atoms with Crippen molar-refractivity contribution >= 4 is 0 Å². The first kappa shape index (κ1) is 9.69. The molecule has 76 valence electrons. The standard InChI is InChI=1S/C12H17NO/c13-11-6-8-12(14,9-7-11)10-4-2-1-3-5-10/h1-5,11,14H,6-9,13H2/t11-,12-. The fourth-order valence-electron chi connectivity index (χ4n) is 2.15. The van der Waals surface area contributed by atoms with Gasteiger partial charge in [-0.25, -0.2) is 0 Å². The van der Waals surface area contributed by atoms with Crippen molar-refractivity contribution in [3.05, 3.63) is 35.9 Å². The predicted molar refractivity (Wildman–Crippen MR) is 56.8 cm³/mol. The summed E-state index contributed by atoms with van der Waals surface area (Å²) >= 11 is 0. The molecule has 1 aliphatic carbocycles. The predicted octanol–water partition coefficient (Wildman–Crippen LogP) is 1.78. The Morgan fingerprint density at radius 1 is 1.14 bits per heavy atom. The second kappa shape index (κ2) is 3.71. The van der Waals surface area contributed by atoms with Crippen molar-refractivity contribution in [2.75, 3.05) is 0 Å². The summed E-state index contributed by atoms with van der Waals surface area (Å²) in [5.74, 6) is 0. The number of aliphatic hydroxyl groups is 1. The molecule has 1 saturated carbocycles. The smallest absolute Gasteiger partial charge is 0.0897 e. The SMILES string of the molecule is N[C@H]1CC[C@@](O)(c2ccccc2)CC1. The number of hydrogen-bond acceptors (Lipinski definition) is 2. The summed E-state index contributed by atoms with van der Waals surface area (Å²) in [7, 11) is 0. The van der Waals surface area contributed by atoms with Crippen LogP contribution in [0.1, 0.15) is 31.2 Å². The van der Waals surface area contributed by atoms with Crippen LogP contribution in [0.5, 0.6) is 0 Å². The van der Waals surface area contributed by atoms with Crippen molar-refractivity contribution in [2.24, 2.45) is 5.73 Å². The van der Waals surface area contributed by atoms with E-state index in [0.717, 1.165) is 31.2 Å². The maximum atomic E-state index is 10.4. The first-order valence-electron chi connectivity index (χ1n) is 5.24. The highest BCUT2D eigenvalue weighted by Gasteiger charge is 2.33. The van der Waals surface area contributed by atoms with E-state index in [2.05, 4.69) is 0 Å². The lowest BCUT2D eigenvalue weighted by Gasteiger charge is -2.35. The van der Waals surface area contributed by atoms with Crippen LogP contribution in [0.25, 0.3) is 0 Å². The average Bonchev–Trinajstić information content (AvgIpc) is 2.24. The molecule has 1 aromatic carbocycles. The lowest BCUT2D eigenvalue weighted by Crippen LogP contribution is -2.36. The lowest BCUT2D eigenvalue weighted by molar-refractivity contribution is -0.00495. The molecule has 0 heterocycles. The topological polar surface area (TPSA) is 46.2 Å². The van der Waals surface area contributed by atoms with Crippen LogP contribution in [0.4, 0.5) is 0 Å². The zero-order chi connectivity index (χ0) is 10.0. The second-order valence-electron chi connectivity index (χ2n) is 4.24. The second-order valence-corrected chi connectivity index (χ2v) is 4.24. The summed E-state index contributed by atoms with van der Waals surface area (Å²) in [6.07, 6.45) is 3.42. The Morgan fingerprint density at radius 3 is 2.29 bits per heavy atom. The van der Waals surface area contributed by atoms with Gasteiger partial charge in [-0.2, -0.15) is 0 Å². The Kier molecular flexibility index (Phi) is 2.57. The van der Waals surface area contributed by atoms with Crippen LogP contribution in [-0.4, -0.2) is 11.1 Å². The van der Waals surface area contributed by atoms with Crippen molar-refractivity contribution in [1.82, 2.24) is 0 Å². The molecule has 0 amide bonds. The lowest BCUT2D eigenvalue weighted by atomic mass is 9.78. The Hall–Kier alpha value is -0.860. The monoisotopic (exact) mass is 191 g/mol. The van der Waals surface area contributed by atoms with E-state index in [4.69, 9.17) is 5.73 Å². The molecule has 2 rings (SSSR count). The molecule has 0 spiro atoms.